The highest BCUT2D eigenvalue weighted by molar-refractivity contribution is 5.92. The fourth-order valence-electron chi connectivity index (χ4n) is 3.42. The molecule has 7 heteroatoms. The van der Waals surface area contributed by atoms with Crippen molar-refractivity contribution in [1.29, 1.82) is 0 Å². The van der Waals surface area contributed by atoms with Gasteiger partial charge in [-0.05, 0) is 37.1 Å². The Morgan fingerprint density at radius 2 is 2.03 bits per heavy atom. The van der Waals surface area contributed by atoms with E-state index < -0.39 is 4.92 Å². The summed E-state index contributed by atoms with van der Waals surface area (Å²) in [6.45, 7) is 4.94. The number of nitrogens with one attached hydrogen (secondary N) is 1. The first-order valence-corrected chi connectivity index (χ1v) is 10.2. The molecular formula is C23H26N4O3. The molecule has 1 aromatic heterocycles. The van der Waals surface area contributed by atoms with E-state index in [1.54, 1.807) is 18.2 Å². The first kappa shape index (κ1) is 21.2. The predicted octanol–water partition coefficient (Wildman–Crippen LogP) is 5.03. The second-order valence-electron chi connectivity index (χ2n) is 7.23. The summed E-state index contributed by atoms with van der Waals surface area (Å²) in [6, 6.07) is 13.9. The summed E-state index contributed by atoms with van der Waals surface area (Å²) in [5, 5.41) is 13.8. The zero-order chi connectivity index (χ0) is 21.5. The predicted molar refractivity (Wildman–Crippen MR) is 118 cm³/mol. The van der Waals surface area contributed by atoms with Gasteiger partial charge in [0.15, 0.2) is 0 Å². The minimum atomic E-state index is -0.456. The smallest absolute Gasteiger partial charge is 0.270 e. The number of nitro benzene ring substituents is 1. The van der Waals surface area contributed by atoms with E-state index in [-0.39, 0.29) is 17.6 Å². The number of amides is 1. The Hall–Kier alpha value is -3.48. The van der Waals surface area contributed by atoms with Crippen molar-refractivity contribution in [2.24, 2.45) is 0 Å². The van der Waals surface area contributed by atoms with Crippen molar-refractivity contribution in [2.45, 2.75) is 45.7 Å². The fourth-order valence-corrected chi connectivity index (χ4v) is 3.42. The highest BCUT2D eigenvalue weighted by atomic mass is 16.6. The molecule has 1 heterocycles. The molecule has 0 bridgehead atoms. The second kappa shape index (κ2) is 9.82. The van der Waals surface area contributed by atoms with Crippen molar-refractivity contribution in [3.8, 4) is 0 Å². The highest BCUT2D eigenvalue weighted by Gasteiger charge is 2.17. The standard InChI is InChI=1S/C23H26N4O3/c1-3-4-7-15-26-21-12-6-5-11-20(21)25-23(26)17(2)24-22(28)14-13-18-9-8-10-19(16-18)27(29)30/h5-6,8-14,16-17H,3-4,7,15H2,1-2H3,(H,24,28). The number of hydrogen-bond donors (Lipinski definition) is 1. The first-order valence-electron chi connectivity index (χ1n) is 10.2. The first-order chi connectivity index (χ1) is 14.5. The van der Waals surface area contributed by atoms with Crippen LogP contribution in [0.4, 0.5) is 5.69 Å². The largest absolute Gasteiger partial charge is 0.343 e. The van der Waals surface area contributed by atoms with E-state index in [1.807, 2.05) is 25.1 Å². The van der Waals surface area contributed by atoms with Gasteiger partial charge in [-0.15, -0.1) is 0 Å². The summed E-state index contributed by atoms with van der Waals surface area (Å²) in [7, 11) is 0. The van der Waals surface area contributed by atoms with Crippen LogP contribution in [0.15, 0.2) is 54.6 Å². The summed E-state index contributed by atoms with van der Waals surface area (Å²) < 4.78 is 2.18. The van der Waals surface area contributed by atoms with Crippen LogP contribution in [0.25, 0.3) is 17.1 Å². The monoisotopic (exact) mass is 406 g/mol. The van der Waals surface area contributed by atoms with Gasteiger partial charge in [0, 0.05) is 24.8 Å². The second-order valence-corrected chi connectivity index (χ2v) is 7.23. The summed E-state index contributed by atoms with van der Waals surface area (Å²) in [6.07, 6.45) is 6.28. The Morgan fingerprint density at radius 1 is 1.23 bits per heavy atom. The molecule has 156 valence electrons. The number of para-hydroxylation sites is 2. The lowest BCUT2D eigenvalue weighted by molar-refractivity contribution is -0.384. The number of fused-ring (bicyclic) bond motifs is 1. The van der Waals surface area contributed by atoms with Crippen LogP contribution in [0.1, 0.15) is 50.5 Å². The zero-order valence-electron chi connectivity index (χ0n) is 17.2. The van der Waals surface area contributed by atoms with Gasteiger partial charge in [-0.2, -0.15) is 0 Å². The van der Waals surface area contributed by atoms with E-state index >= 15 is 0 Å². The van der Waals surface area contributed by atoms with E-state index in [4.69, 9.17) is 4.98 Å². The summed E-state index contributed by atoms with van der Waals surface area (Å²) in [5.74, 6) is 0.547. The third-order valence-corrected chi connectivity index (χ3v) is 4.92. The maximum atomic E-state index is 12.4. The van der Waals surface area contributed by atoms with Crippen LogP contribution in [-0.4, -0.2) is 20.4 Å². The number of hydrogen-bond acceptors (Lipinski definition) is 4. The van der Waals surface area contributed by atoms with Gasteiger partial charge in [-0.1, -0.05) is 44.0 Å². The van der Waals surface area contributed by atoms with E-state index in [0.717, 1.165) is 42.7 Å². The average molecular weight is 406 g/mol. The molecule has 2 aromatic carbocycles. The number of nitro groups is 1. The average Bonchev–Trinajstić information content (AvgIpc) is 3.11. The molecule has 1 N–H and O–H groups in total. The van der Waals surface area contributed by atoms with Crippen LogP contribution in [0.2, 0.25) is 0 Å². The summed E-state index contributed by atoms with van der Waals surface area (Å²) in [4.78, 5) is 27.6. The molecule has 7 nitrogen and oxygen atoms in total. The molecular weight excluding hydrogens is 380 g/mol. The molecule has 0 spiro atoms. The fraction of sp³-hybridized carbons (Fsp3) is 0.304. The number of rotatable bonds is 9. The van der Waals surface area contributed by atoms with Crippen molar-refractivity contribution in [3.63, 3.8) is 0 Å². The van der Waals surface area contributed by atoms with Crippen LogP contribution in [-0.2, 0) is 11.3 Å². The Kier molecular flexibility index (Phi) is 6.95. The number of aryl methyl sites for hydroxylation is 1. The molecule has 0 aliphatic carbocycles. The van der Waals surface area contributed by atoms with Crippen molar-refractivity contribution in [3.05, 3.63) is 76.1 Å². The molecule has 0 aliphatic heterocycles. The summed E-state index contributed by atoms with van der Waals surface area (Å²) in [5.41, 5.74) is 2.57. The molecule has 30 heavy (non-hydrogen) atoms. The number of unbranched alkanes of at least 4 members (excludes halogenated alkanes) is 2. The molecule has 1 amide bonds. The lowest BCUT2D eigenvalue weighted by atomic mass is 10.2. The minimum absolute atomic E-state index is 0.00766. The minimum Gasteiger partial charge on any atom is -0.343 e. The van der Waals surface area contributed by atoms with Crippen LogP contribution >= 0.6 is 0 Å². The van der Waals surface area contributed by atoms with Crippen molar-refractivity contribution in [2.75, 3.05) is 0 Å². The van der Waals surface area contributed by atoms with Gasteiger partial charge in [0.25, 0.3) is 5.69 Å². The highest BCUT2D eigenvalue weighted by Crippen LogP contribution is 2.22. The molecule has 0 radical (unpaired) electrons. The molecule has 0 fully saturated rings. The molecule has 0 saturated heterocycles. The number of benzene rings is 2. The van der Waals surface area contributed by atoms with Gasteiger partial charge in [0.05, 0.1) is 22.0 Å². The van der Waals surface area contributed by atoms with Gasteiger partial charge in [0.2, 0.25) is 5.91 Å². The third kappa shape index (κ3) is 5.11. The number of aromatic nitrogens is 2. The van der Waals surface area contributed by atoms with E-state index in [1.165, 1.54) is 18.2 Å². The third-order valence-electron chi connectivity index (χ3n) is 4.92. The number of carbonyl (C=O) groups is 1. The van der Waals surface area contributed by atoms with Crippen molar-refractivity contribution >= 4 is 28.7 Å². The van der Waals surface area contributed by atoms with Crippen LogP contribution in [0, 0.1) is 10.1 Å². The maximum absolute atomic E-state index is 12.4. The van der Waals surface area contributed by atoms with Crippen LogP contribution < -0.4 is 5.32 Å². The van der Waals surface area contributed by atoms with Gasteiger partial charge >= 0.3 is 0 Å². The Morgan fingerprint density at radius 3 is 2.80 bits per heavy atom. The lowest BCUT2D eigenvalue weighted by Gasteiger charge is -2.15. The SMILES string of the molecule is CCCCCn1c(C(C)NC(=O)C=Cc2cccc([N+](=O)[O-])c2)nc2ccccc21. The number of imidazole rings is 1. The number of non-ortho nitro benzene ring substituents is 1. The van der Waals surface area contributed by atoms with Gasteiger partial charge in [0.1, 0.15) is 5.82 Å². The number of nitrogens with zero attached hydrogens (tertiary/aromatic N) is 3. The molecule has 0 saturated carbocycles. The number of carbonyl (C=O) groups excluding carboxylic acids is 1. The lowest BCUT2D eigenvalue weighted by Crippen LogP contribution is -2.27. The van der Waals surface area contributed by atoms with Crippen LogP contribution in [0.3, 0.4) is 0 Å². The van der Waals surface area contributed by atoms with Crippen LogP contribution in [0.5, 0.6) is 0 Å². The molecule has 0 aliphatic rings. The Bertz CT molecular complexity index is 1070. The zero-order valence-corrected chi connectivity index (χ0v) is 17.2. The molecule has 1 unspecified atom stereocenters. The van der Waals surface area contributed by atoms with Gasteiger partial charge in [-0.25, -0.2) is 4.98 Å². The van der Waals surface area contributed by atoms with Crippen molar-refractivity contribution in [1.82, 2.24) is 14.9 Å². The quantitative estimate of drug-likeness (QED) is 0.234. The molecule has 1 atom stereocenters. The van der Waals surface area contributed by atoms with E-state index in [0.29, 0.717) is 5.56 Å². The van der Waals surface area contributed by atoms with E-state index in [9.17, 15) is 14.9 Å². The Balaban J connectivity index is 1.75. The van der Waals surface area contributed by atoms with Gasteiger partial charge in [-0.3, -0.25) is 14.9 Å². The normalized spacial score (nSPS) is 12.3. The molecule has 3 rings (SSSR count). The Labute approximate surface area is 175 Å². The maximum Gasteiger partial charge on any atom is 0.270 e. The summed E-state index contributed by atoms with van der Waals surface area (Å²) >= 11 is 0. The van der Waals surface area contributed by atoms with Crippen molar-refractivity contribution < 1.29 is 9.72 Å². The topological polar surface area (TPSA) is 90.1 Å². The van der Waals surface area contributed by atoms with Gasteiger partial charge < -0.3 is 9.88 Å². The van der Waals surface area contributed by atoms with E-state index in [2.05, 4.69) is 22.9 Å². The molecule has 3 aromatic rings.